The molecular weight excluding hydrogens is 346 g/mol. The van der Waals surface area contributed by atoms with E-state index >= 15 is 0 Å². The van der Waals surface area contributed by atoms with Crippen LogP contribution in [-0.4, -0.2) is 30.1 Å². The smallest absolute Gasteiger partial charge is 0.407 e. The van der Waals surface area contributed by atoms with Gasteiger partial charge in [0.2, 0.25) is 12.3 Å². The first-order valence-electron chi connectivity index (χ1n) is 9.22. The van der Waals surface area contributed by atoms with E-state index in [0.717, 1.165) is 24.0 Å². The molecule has 0 atom stereocenters. The van der Waals surface area contributed by atoms with E-state index in [9.17, 15) is 14.4 Å². The van der Waals surface area contributed by atoms with Crippen LogP contribution in [0.3, 0.4) is 0 Å². The lowest BCUT2D eigenvalue weighted by Crippen LogP contribution is -2.37. The number of rotatable bonds is 5. The Hall–Kier alpha value is -2.57. The molecule has 1 saturated carbocycles. The molecule has 1 aliphatic rings. The van der Waals surface area contributed by atoms with Gasteiger partial charge in [0.25, 0.3) is 0 Å². The van der Waals surface area contributed by atoms with Crippen LogP contribution in [0.1, 0.15) is 57.6 Å². The average molecular weight is 377 g/mol. The molecule has 0 spiro atoms. The molecule has 0 saturated heterocycles. The number of nitrogens with one attached hydrogen (secondary N) is 3. The monoisotopic (exact) mass is 377 g/mol. The molecule has 1 aliphatic carbocycles. The molecule has 0 aromatic heterocycles. The Labute approximate surface area is 161 Å². The molecule has 27 heavy (non-hydrogen) atoms. The van der Waals surface area contributed by atoms with E-state index in [1.165, 1.54) is 12.8 Å². The quantitative estimate of drug-likeness (QED) is 0.543. The standard InChI is InChI=1S/C10H12N2O2.C10H19NO2/c1-8-2-4-9(5-3-8)6-10(14)12-11-7-13;1-10(2,3)13-9(12)11-8-6-4-5-7-8/h2-5,7H,6H2,1H3,(H,11,13)(H,12,14);8H,4-7H2,1-3H3,(H,11,12). The molecule has 2 rings (SSSR count). The minimum atomic E-state index is -0.386. The van der Waals surface area contributed by atoms with Gasteiger partial charge < -0.3 is 10.1 Å². The second-order valence-electron chi connectivity index (χ2n) is 7.60. The van der Waals surface area contributed by atoms with Crippen LogP contribution in [0, 0.1) is 6.92 Å². The lowest BCUT2D eigenvalue weighted by Gasteiger charge is -2.21. The second kappa shape index (κ2) is 11.2. The third kappa shape index (κ3) is 10.9. The zero-order valence-electron chi connectivity index (χ0n) is 16.6. The lowest BCUT2D eigenvalue weighted by molar-refractivity contribution is -0.124. The summed E-state index contributed by atoms with van der Waals surface area (Å²) in [5.41, 5.74) is 6.02. The lowest BCUT2D eigenvalue weighted by atomic mass is 10.1. The molecule has 0 radical (unpaired) electrons. The van der Waals surface area contributed by atoms with Crippen molar-refractivity contribution in [2.24, 2.45) is 0 Å². The van der Waals surface area contributed by atoms with E-state index in [1.54, 1.807) is 0 Å². The fraction of sp³-hybridized carbons (Fsp3) is 0.550. The zero-order valence-corrected chi connectivity index (χ0v) is 16.6. The highest BCUT2D eigenvalue weighted by atomic mass is 16.6. The molecule has 1 fully saturated rings. The number of aryl methyl sites for hydroxylation is 1. The molecule has 7 nitrogen and oxygen atoms in total. The first kappa shape index (κ1) is 22.5. The predicted molar refractivity (Wildman–Crippen MR) is 104 cm³/mol. The van der Waals surface area contributed by atoms with Crippen molar-refractivity contribution >= 4 is 18.4 Å². The number of hydrazine groups is 1. The maximum atomic E-state index is 11.3. The van der Waals surface area contributed by atoms with Crippen LogP contribution in [0.15, 0.2) is 24.3 Å². The van der Waals surface area contributed by atoms with Gasteiger partial charge in [-0.1, -0.05) is 42.7 Å². The first-order valence-corrected chi connectivity index (χ1v) is 9.22. The van der Waals surface area contributed by atoms with Gasteiger partial charge in [-0.05, 0) is 46.1 Å². The highest BCUT2D eigenvalue weighted by molar-refractivity contribution is 5.79. The molecule has 7 heteroatoms. The van der Waals surface area contributed by atoms with Gasteiger partial charge in [-0.15, -0.1) is 0 Å². The molecule has 3 amide bonds. The van der Waals surface area contributed by atoms with Crippen LogP contribution in [0.2, 0.25) is 0 Å². The molecule has 3 N–H and O–H groups in total. The van der Waals surface area contributed by atoms with Crippen molar-refractivity contribution in [1.82, 2.24) is 16.2 Å². The van der Waals surface area contributed by atoms with Crippen LogP contribution in [0.5, 0.6) is 0 Å². The van der Waals surface area contributed by atoms with Crippen molar-refractivity contribution in [3.8, 4) is 0 Å². The van der Waals surface area contributed by atoms with E-state index < -0.39 is 0 Å². The topological polar surface area (TPSA) is 96.5 Å². The predicted octanol–water partition coefficient (Wildman–Crippen LogP) is 2.77. The summed E-state index contributed by atoms with van der Waals surface area (Å²) in [6, 6.07) is 7.99. The third-order valence-corrected chi connectivity index (χ3v) is 3.83. The summed E-state index contributed by atoms with van der Waals surface area (Å²) in [7, 11) is 0. The maximum absolute atomic E-state index is 11.3. The Morgan fingerprint density at radius 3 is 2.26 bits per heavy atom. The van der Waals surface area contributed by atoms with Crippen molar-refractivity contribution in [2.45, 2.75) is 71.4 Å². The summed E-state index contributed by atoms with van der Waals surface area (Å²) in [5, 5.41) is 2.87. The Bertz CT molecular complexity index is 603. The van der Waals surface area contributed by atoms with Crippen LogP contribution in [0.25, 0.3) is 0 Å². The summed E-state index contributed by atoms with van der Waals surface area (Å²) < 4.78 is 5.15. The highest BCUT2D eigenvalue weighted by Gasteiger charge is 2.21. The Balaban J connectivity index is 0.000000271. The fourth-order valence-electron chi connectivity index (χ4n) is 2.59. The molecule has 0 heterocycles. The van der Waals surface area contributed by atoms with Crippen molar-refractivity contribution in [3.63, 3.8) is 0 Å². The van der Waals surface area contributed by atoms with Crippen molar-refractivity contribution in [1.29, 1.82) is 0 Å². The van der Waals surface area contributed by atoms with Crippen LogP contribution >= 0.6 is 0 Å². The van der Waals surface area contributed by atoms with Gasteiger partial charge in [-0.3, -0.25) is 20.4 Å². The SMILES string of the molecule is CC(C)(C)OC(=O)NC1CCCC1.Cc1ccc(CC(=O)NNC=O)cc1. The summed E-state index contributed by atoms with van der Waals surface area (Å²) in [6.45, 7) is 7.61. The summed E-state index contributed by atoms with van der Waals surface area (Å²) in [6.07, 6.45) is 5.05. The molecule has 1 aromatic carbocycles. The van der Waals surface area contributed by atoms with E-state index in [1.807, 2.05) is 52.0 Å². The molecule has 0 bridgehead atoms. The normalized spacial score (nSPS) is 13.8. The summed E-state index contributed by atoms with van der Waals surface area (Å²) in [5.74, 6) is -0.235. The minimum absolute atomic E-state index is 0.235. The Morgan fingerprint density at radius 2 is 1.74 bits per heavy atom. The third-order valence-electron chi connectivity index (χ3n) is 3.83. The number of hydrogen-bond acceptors (Lipinski definition) is 4. The Morgan fingerprint density at radius 1 is 1.15 bits per heavy atom. The fourth-order valence-corrected chi connectivity index (χ4v) is 2.59. The van der Waals surface area contributed by atoms with Crippen molar-refractivity contribution < 1.29 is 19.1 Å². The molecule has 1 aromatic rings. The number of benzene rings is 1. The van der Waals surface area contributed by atoms with Crippen LogP contribution in [0.4, 0.5) is 4.79 Å². The average Bonchev–Trinajstić information content (AvgIpc) is 3.07. The number of ether oxygens (including phenoxy) is 1. The van der Waals surface area contributed by atoms with Crippen molar-refractivity contribution in [3.05, 3.63) is 35.4 Å². The van der Waals surface area contributed by atoms with Crippen LogP contribution in [-0.2, 0) is 20.7 Å². The zero-order chi connectivity index (χ0) is 20.3. The van der Waals surface area contributed by atoms with E-state index in [4.69, 9.17) is 4.74 Å². The molecular formula is C20H31N3O4. The number of alkyl carbamates (subject to hydrolysis) is 1. The largest absolute Gasteiger partial charge is 0.444 e. The summed E-state index contributed by atoms with van der Waals surface area (Å²) >= 11 is 0. The maximum Gasteiger partial charge on any atom is 0.407 e. The van der Waals surface area contributed by atoms with Gasteiger partial charge >= 0.3 is 6.09 Å². The molecule has 0 unspecified atom stereocenters. The number of carbonyl (C=O) groups is 3. The van der Waals surface area contributed by atoms with Gasteiger partial charge in [0.1, 0.15) is 5.60 Å². The number of amides is 3. The molecule has 150 valence electrons. The van der Waals surface area contributed by atoms with Crippen LogP contribution < -0.4 is 16.2 Å². The van der Waals surface area contributed by atoms with E-state index in [0.29, 0.717) is 12.5 Å². The van der Waals surface area contributed by atoms with Gasteiger partial charge in [0.05, 0.1) is 6.42 Å². The first-order chi connectivity index (χ1) is 12.7. The van der Waals surface area contributed by atoms with Gasteiger partial charge in [-0.2, -0.15) is 0 Å². The van der Waals surface area contributed by atoms with Crippen molar-refractivity contribution in [2.75, 3.05) is 0 Å². The Kier molecular flexibility index (Phi) is 9.33. The van der Waals surface area contributed by atoms with Gasteiger partial charge in [0, 0.05) is 6.04 Å². The second-order valence-corrected chi connectivity index (χ2v) is 7.60. The summed E-state index contributed by atoms with van der Waals surface area (Å²) in [4.78, 5) is 32.3. The highest BCUT2D eigenvalue weighted by Crippen LogP contribution is 2.18. The van der Waals surface area contributed by atoms with E-state index in [2.05, 4.69) is 16.2 Å². The van der Waals surface area contributed by atoms with E-state index in [-0.39, 0.29) is 24.0 Å². The number of carbonyl (C=O) groups excluding carboxylic acids is 3. The molecule has 0 aliphatic heterocycles. The van der Waals surface area contributed by atoms with Gasteiger partial charge in [-0.25, -0.2) is 4.79 Å². The number of hydrogen-bond donors (Lipinski definition) is 3. The minimum Gasteiger partial charge on any atom is -0.444 e. The van der Waals surface area contributed by atoms with Gasteiger partial charge in [0.15, 0.2) is 0 Å².